The third-order valence-electron chi connectivity index (χ3n) is 3.88. The zero-order valence-electron chi connectivity index (χ0n) is 14.0. The molecule has 1 fully saturated rings. The number of amides is 2. The van der Waals surface area contributed by atoms with E-state index < -0.39 is 11.0 Å². The molecule has 1 aromatic carbocycles. The van der Waals surface area contributed by atoms with Crippen molar-refractivity contribution in [2.24, 2.45) is 5.92 Å². The first-order valence-corrected chi connectivity index (χ1v) is 7.91. The van der Waals surface area contributed by atoms with E-state index >= 15 is 0 Å². The third kappa shape index (κ3) is 4.21. The van der Waals surface area contributed by atoms with Gasteiger partial charge in [0.05, 0.1) is 4.92 Å². The molecular formula is C16H22N4O4. The van der Waals surface area contributed by atoms with E-state index in [4.69, 9.17) is 0 Å². The molecule has 3 N–H and O–H groups in total. The number of carbonyl (C=O) groups is 2. The predicted molar refractivity (Wildman–Crippen MR) is 89.9 cm³/mol. The molecule has 130 valence electrons. The summed E-state index contributed by atoms with van der Waals surface area (Å²) in [7, 11) is 1.51. The topological polar surface area (TPSA) is 113 Å². The van der Waals surface area contributed by atoms with Crippen LogP contribution in [0.1, 0.15) is 37.0 Å². The highest BCUT2D eigenvalue weighted by Gasteiger charge is 2.27. The van der Waals surface area contributed by atoms with Gasteiger partial charge in [-0.15, -0.1) is 0 Å². The molecule has 0 aliphatic heterocycles. The van der Waals surface area contributed by atoms with Crippen LogP contribution in [0.3, 0.4) is 0 Å². The quantitative estimate of drug-likeness (QED) is 0.518. The molecule has 0 saturated heterocycles. The molecule has 0 bridgehead atoms. The van der Waals surface area contributed by atoms with Gasteiger partial charge < -0.3 is 16.0 Å². The molecule has 8 nitrogen and oxygen atoms in total. The van der Waals surface area contributed by atoms with Gasteiger partial charge in [-0.3, -0.25) is 19.7 Å². The average molecular weight is 334 g/mol. The smallest absolute Gasteiger partial charge is 0.293 e. The second-order valence-corrected chi connectivity index (χ2v) is 6.22. The maximum Gasteiger partial charge on any atom is 0.293 e. The van der Waals surface area contributed by atoms with Gasteiger partial charge in [0.25, 0.3) is 11.6 Å². The van der Waals surface area contributed by atoms with E-state index in [1.54, 1.807) is 0 Å². The molecule has 1 saturated carbocycles. The Morgan fingerprint density at radius 1 is 1.29 bits per heavy atom. The summed E-state index contributed by atoms with van der Waals surface area (Å²) in [5.74, 6) is -0.642. The van der Waals surface area contributed by atoms with Gasteiger partial charge in [-0.1, -0.05) is 13.8 Å². The fourth-order valence-electron chi connectivity index (χ4n) is 2.30. The number of benzene rings is 1. The lowest BCUT2D eigenvalue weighted by Gasteiger charge is -2.21. The van der Waals surface area contributed by atoms with Crippen LogP contribution in [0.4, 0.5) is 11.4 Å². The molecular weight excluding hydrogens is 312 g/mol. The van der Waals surface area contributed by atoms with Crippen molar-refractivity contribution in [1.29, 1.82) is 0 Å². The van der Waals surface area contributed by atoms with Crippen molar-refractivity contribution in [3.05, 3.63) is 33.9 Å². The fourth-order valence-corrected chi connectivity index (χ4v) is 2.30. The number of hydrogen-bond acceptors (Lipinski definition) is 5. The van der Waals surface area contributed by atoms with E-state index in [-0.39, 0.29) is 40.7 Å². The van der Waals surface area contributed by atoms with Crippen molar-refractivity contribution < 1.29 is 14.5 Å². The Labute approximate surface area is 140 Å². The Balaban J connectivity index is 2.26. The highest BCUT2D eigenvalue weighted by molar-refractivity contribution is 5.96. The fraction of sp³-hybridized carbons (Fsp3) is 0.500. The zero-order valence-corrected chi connectivity index (χ0v) is 14.0. The maximum absolute atomic E-state index is 12.0. The number of nitro groups is 1. The van der Waals surface area contributed by atoms with Crippen LogP contribution in [-0.2, 0) is 4.79 Å². The molecule has 2 rings (SSSR count). The number of rotatable bonds is 7. The van der Waals surface area contributed by atoms with Crippen LogP contribution in [0.15, 0.2) is 18.2 Å². The number of anilines is 1. The summed E-state index contributed by atoms with van der Waals surface area (Å²) >= 11 is 0. The monoisotopic (exact) mass is 334 g/mol. The standard InChI is InChI=1S/C16H22N4O4/c1-9(2)14(16(22)17-3)19-12-7-4-10(8-13(12)20(23)24)15(21)18-11-5-6-11/h4,7-9,11,14,19H,5-6H2,1-3H3,(H,17,22)(H,18,21). The summed E-state index contributed by atoms with van der Waals surface area (Å²) in [4.78, 5) is 34.8. The minimum absolute atomic E-state index is 0.0672. The lowest BCUT2D eigenvalue weighted by atomic mass is 10.0. The van der Waals surface area contributed by atoms with E-state index in [1.807, 2.05) is 13.8 Å². The predicted octanol–water partition coefficient (Wildman–Crippen LogP) is 1.67. The number of nitro benzene ring substituents is 1. The van der Waals surface area contributed by atoms with Gasteiger partial charge in [0.15, 0.2) is 0 Å². The van der Waals surface area contributed by atoms with Crippen molar-refractivity contribution in [1.82, 2.24) is 10.6 Å². The van der Waals surface area contributed by atoms with Crippen LogP contribution >= 0.6 is 0 Å². The molecule has 0 aromatic heterocycles. The van der Waals surface area contributed by atoms with E-state index in [2.05, 4.69) is 16.0 Å². The SMILES string of the molecule is CNC(=O)C(Nc1ccc(C(=O)NC2CC2)cc1[N+](=O)[O-])C(C)C. The van der Waals surface area contributed by atoms with Crippen molar-refractivity contribution in [2.45, 2.75) is 38.8 Å². The number of hydrogen-bond donors (Lipinski definition) is 3. The molecule has 1 aliphatic carbocycles. The summed E-state index contributed by atoms with van der Waals surface area (Å²) in [5.41, 5.74) is 0.221. The zero-order chi connectivity index (χ0) is 17.9. The van der Waals surface area contributed by atoms with Crippen LogP contribution in [0, 0.1) is 16.0 Å². The van der Waals surface area contributed by atoms with E-state index in [1.165, 1.54) is 25.2 Å². The molecule has 8 heteroatoms. The molecule has 0 heterocycles. The molecule has 2 amide bonds. The summed E-state index contributed by atoms with van der Waals surface area (Å²) in [6.07, 6.45) is 1.88. The van der Waals surface area contributed by atoms with Gasteiger partial charge in [-0.2, -0.15) is 0 Å². The van der Waals surface area contributed by atoms with Crippen LogP contribution in [0.5, 0.6) is 0 Å². The lowest BCUT2D eigenvalue weighted by Crippen LogP contribution is -2.41. The van der Waals surface area contributed by atoms with Gasteiger partial charge in [-0.25, -0.2) is 0 Å². The van der Waals surface area contributed by atoms with Crippen molar-refractivity contribution in [3.8, 4) is 0 Å². The Hall–Kier alpha value is -2.64. The van der Waals surface area contributed by atoms with Crippen molar-refractivity contribution >= 4 is 23.2 Å². The second-order valence-electron chi connectivity index (χ2n) is 6.22. The van der Waals surface area contributed by atoms with Crippen LogP contribution < -0.4 is 16.0 Å². The highest BCUT2D eigenvalue weighted by atomic mass is 16.6. The Morgan fingerprint density at radius 3 is 2.46 bits per heavy atom. The summed E-state index contributed by atoms with van der Waals surface area (Å²) in [5, 5.41) is 19.6. The van der Waals surface area contributed by atoms with Gasteiger partial charge in [0.2, 0.25) is 5.91 Å². The molecule has 1 aromatic rings. The number of likely N-dealkylation sites (N-methyl/N-ethyl adjacent to an activating group) is 1. The van der Waals surface area contributed by atoms with E-state index in [0.29, 0.717) is 0 Å². The molecule has 24 heavy (non-hydrogen) atoms. The minimum Gasteiger partial charge on any atom is -0.368 e. The molecule has 1 aliphatic rings. The maximum atomic E-state index is 12.0. The van der Waals surface area contributed by atoms with Crippen molar-refractivity contribution in [2.75, 3.05) is 12.4 Å². The van der Waals surface area contributed by atoms with E-state index in [0.717, 1.165) is 12.8 Å². The lowest BCUT2D eigenvalue weighted by molar-refractivity contribution is -0.384. The number of nitrogens with one attached hydrogen (secondary N) is 3. The first-order valence-electron chi connectivity index (χ1n) is 7.91. The van der Waals surface area contributed by atoms with E-state index in [9.17, 15) is 19.7 Å². The molecule has 1 atom stereocenters. The Morgan fingerprint density at radius 2 is 1.96 bits per heavy atom. The van der Waals surface area contributed by atoms with Crippen molar-refractivity contribution in [3.63, 3.8) is 0 Å². The first kappa shape index (κ1) is 17.7. The first-order chi connectivity index (χ1) is 11.3. The van der Waals surface area contributed by atoms with Crippen LogP contribution in [0.25, 0.3) is 0 Å². The van der Waals surface area contributed by atoms with Gasteiger partial charge in [-0.05, 0) is 30.9 Å². The highest BCUT2D eigenvalue weighted by Crippen LogP contribution is 2.28. The molecule has 0 radical (unpaired) electrons. The average Bonchev–Trinajstić information content (AvgIpc) is 3.35. The number of carbonyl (C=O) groups excluding carboxylic acids is 2. The molecule has 0 spiro atoms. The largest absolute Gasteiger partial charge is 0.368 e. The summed E-state index contributed by atoms with van der Waals surface area (Å²) < 4.78 is 0. The summed E-state index contributed by atoms with van der Waals surface area (Å²) in [6.45, 7) is 3.69. The minimum atomic E-state index is -0.611. The Bertz CT molecular complexity index is 655. The molecule has 1 unspecified atom stereocenters. The van der Waals surface area contributed by atoms with Gasteiger partial charge >= 0.3 is 0 Å². The normalized spacial score (nSPS) is 14.8. The van der Waals surface area contributed by atoms with Gasteiger partial charge in [0.1, 0.15) is 11.7 Å². The Kier molecular flexibility index (Phi) is 5.38. The second kappa shape index (κ2) is 7.29. The number of nitrogens with zero attached hydrogens (tertiary/aromatic N) is 1. The van der Waals surface area contributed by atoms with Gasteiger partial charge in [0, 0.05) is 24.7 Å². The van der Waals surface area contributed by atoms with Crippen LogP contribution in [-0.4, -0.2) is 35.9 Å². The van der Waals surface area contributed by atoms with Crippen LogP contribution in [0.2, 0.25) is 0 Å². The summed E-state index contributed by atoms with van der Waals surface area (Å²) in [6, 6.07) is 3.79. The third-order valence-corrected chi connectivity index (χ3v) is 3.88.